The van der Waals surface area contributed by atoms with Crippen LogP contribution < -0.4 is 14.5 Å². The van der Waals surface area contributed by atoms with Gasteiger partial charge in [-0.2, -0.15) is 0 Å². The van der Waals surface area contributed by atoms with Crippen molar-refractivity contribution in [2.24, 2.45) is 5.92 Å². The number of pyridine rings is 1. The molecule has 9 nitrogen and oxygen atoms in total. The molecule has 3 heterocycles. The molecule has 0 bridgehead atoms. The largest absolute Gasteiger partial charge is 0.481 e. The van der Waals surface area contributed by atoms with Crippen molar-refractivity contribution in [1.29, 1.82) is 0 Å². The smallest absolute Gasteiger partial charge is 0.304 e. The maximum absolute atomic E-state index is 13.4. The molecule has 1 N–H and O–H groups in total. The lowest BCUT2D eigenvalue weighted by Gasteiger charge is -2.21. The summed E-state index contributed by atoms with van der Waals surface area (Å²) in [6.07, 6.45) is 1.89. The number of rotatable bonds is 10. The summed E-state index contributed by atoms with van der Waals surface area (Å²) in [6.45, 7) is -1.00. The summed E-state index contributed by atoms with van der Waals surface area (Å²) in [6, 6.07) is 16.3. The molecule has 210 valence electrons. The quantitative estimate of drug-likeness (QED) is 0.284. The molecule has 0 spiro atoms. The Morgan fingerprint density at radius 1 is 1.17 bits per heavy atom. The van der Waals surface area contributed by atoms with Gasteiger partial charge in [-0.3, -0.25) is 24.2 Å². The number of anilines is 2. The van der Waals surface area contributed by atoms with Crippen molar-refractivity contribution >= 4 is 40.1 Å². The van der Waals surface area contributed by atoms with E-state index < -0.39 is 18.7 Å². The summed E-state index contributed by atoms with van der Waals surface area (Å²) in [4.78, 5) is 49.3. The van der Waals surface area contributed by atoms with E-state index in [4.69, 9.17) is 9.72 Å². The average Bonchev–Trinajstić information content (AvgIpc) is 3.57. The second-order valence-electron chi connectivity index (χ2n) is 9.69. The van der Waals surface area contributed by atoms with Gasteiger partial charge in [-0.15, -0.1) is 11.3 Å². The number of fused-ring (bicyclic) bond motifs is 1. The highest BCUT2D eigenvalue weighted by Crippen LogP contribution is 2.39. The minimum absolute atomic E-state index is 0.0399. The zero-order chi connectivity index (χ0) is 29.1. The van der Waals surface area contributed by atoms with Gasteiger partial charge in [-0.25, -0.2) is 14.4 Å². The Hall–Kier alpha value is -4.64. The van der Waals surface area contributed by atoms with Crippen LogP contribution >= 0.6 is 11.3 Å². The number of thiazole rings is 1. The molecule has 1 unspecified atom stereocenters. The first-order chi connectivity index (χ1) is 19.7. The molecule has 11 heteroatoms. The van der Waals surface area contributed by atoms with E-state index >= 15 is 0 Å². The minimum Gasteiger partial charge on any atom is -0.481 e. The molecule has 0 fully saturated rings. The number of aliphatic carboxylic acids is 1. The van der Waals surface area contributed by atoms with E-state index in [0.29, 0.717) is 28.0 Å². The summed E-state index contributed by atoms with van der Waals surface area (Å²) in [5.41, 5.74) is 4.31. The minimum atomic E-state index is -1.06. The van der Waals surface area contributed by atoms with Crippen LogP contribution in [0.3, 0.4) is 0 Å². The molecule has 0 saturated carbocycles. The molecule has 1 aliphatic heterocycles. The lowest BCUT2D eigenvalue weighted by molar-refractivity contribution is -0.140. The van der Waals surface area contributed by atoms with Gasteiger partial charge in [0.1, 0.15) is 11.6 Å². The fraction of sp³-hybridized carbons (Fsp3) is 0.233. The number of alkyl halides is 1. The predicted molar refractivity (Wildman–Crippen MR) is 154 cm³/mol. The molecule has 0 saturated heterocycles. The molecule has 1 aliphatic rings. The third kappa shape index (κ3) is 5.94. The number of aromatic nitrogens is 2. The first kappa shape index (κ1) is 27.9. The summed E-state index contributed by atoms with van der Waals surface area (Å²) in [5, 5.41) is 11.6. The molecule has 41 heavy (non-hydrogen) atoms. The highest BCUT2D eigenvalue weighted by molar-refractivity contribution is 7.14. The van der Waals surface area contributed by atoms with E-state index in [9.17, 15) is 23.9 Å². The van der Waals surface area contributed by atoms with E-state index in [1.165, 1.54) is 21.1 Å². The van der Waals surface area contributed by atoms with E-state index in [-0.39, 0.29) is 31.1 Å². The number of nitrogens with zero attached hydrogens (tertiary/aromatic N) is 4. The molecule has 1 atom stereocenters. The van der Waals surface area contributed by atoms with Gasteiger partial charge < -0.3 is 9.84 Å². The van der Waals surface area contributed by atoms with Crippen molar-refractivity contribution in [2.75, 3.05) is 30.8 Å². The summed E-state index contributed by atoms with van der Waals surface area (Å²) in [7, 11) is 3.26. The maximum Gasteiger partial charge on any atom is 0.304 e. The van der Waals surface area contributed by atoms with Gasteiger partial charge in [0.25, 0.3) is 0 Å². The van der Waals surface area contributed by atoms with Gasteiger partial charge in [0.2, 0.25) is 18.7 Å². The van der Waals surface area contributed by atoms with E-state index in [1.54, 1.807) is 43.9 Å². The highest BCUT2D eigenvalue weighted by Gasteiger charge is 2.29. The van der Waals surface area contributed by atoms with Crippen molar-refractivity contribution < 1.29 is 28.6 Å². The number of amides is 2. The van der Waals surface area contributed by atoms with E-state index in [1.807, 2.05) is 36.4 Å². The fourth-order valence-corrected chi connectivity index (χ4v) is 5.68. The highest BCUT2D eigenvalue weighted by atomic mass is 32.1. The number of halogens is 1. The van der Waals surface area contributed by atoms with Crippen molar-refractivity contribution in [3.63, 3.8) is 0 Å². The molecule has 2 aromatic carbocycles. The zero-order valence-corrected chi connectivity index (χ0v) is 23.2. The van der Waals surface area contributed by atoms with Crippen molar-refractivity contribution in [3.8, 4) is 28.1 Å². The summed E-state index contributed by atoms with van der Waals surface area (Å²) in [5.74, 6) is -1.32. The number of likely N-dealkylation sites (N-methyl/N-ethyl adjacent to an activating group) is 1. The molecular formula is C30H27FN4O5S. The first-order valence-electron chi connectivity index (χ1n) is 12.8. The van der Waals surface area contributed by atoms with Gasteiger partial charge in [0.15, 0.2) is 5.13 Å². The van der Waals surface area contributed by atoms with Crippen LogP contribution in [0.1, 0.15) is 17.5 Å². The second kappa shape index (κ2) is 11.8. The van der Waals surface area contributed by atoms with Crippen molar-refractivity contribution in [1.82, 2.24) is 9.97 Å². The Morgan fingerprint density at radius 2 is 1.95 bits per heavy atom. The molecule has 2 aromatic heterocycles. The molecule has 0 radical (unpaired) electrons. The first-order valence-corrected chi connectivity index (χ1v) is 13.7. The molecule has 5 rings (SSSR count). The Morgan fingerprint density at radius 3 is 2.68 bits per heavy atom. The lowest BCUT2D eigenvalue weighted by atomic mass is 9.95. The third-order valence-electron chi connectivity index (χ3n) is 6.98. The normalized spacial score (nSPS) is 13.1. The summed E-state index contributed by atoms with van der Waals surface area (Å²) >= 11 is 1.23. The van der Waals surface area contributed by atoms with E-state index in [2.05, 4.69) is 4.98 Å². The van der Waals surface area contributed by atoms with E-state index in [0.717, 1.165) is 22.3 Å². The SMILES string of the molecule is CN(C(=O)C(CC(=O)O)Cc1ccccc1)c1nc(-c2cc(OCF)ccc2-c2cnc3c(c2)CC(=O)N3C)cs1. The molecule has 2 amide bonds. The Bertz CT molecular complexity index is 1610. The number of hydrogen-bond acceptors (Lipinski definition) is 7. The monoisotopic (exact) mass is 574 g/mol. The second-order valence-corrected chi connectivity index (χ2v) is 10.5. The Balaban J connectivity index is 1.47. The molecular weight excluding hydrogens is 547 g/mol. The van der Waals surface area contributed by atoms with Crippen LogP contribution in [-0.4, -0.2) is 53.8 Å². The fourth-order valence-electron chi connectivity index (χ4n) is 4.89. The maximum atomic E-state index is 13.4. The number of carboxylic acid groups (broad SMARTS) is 1. The Kier molecular flexibility index (Phi) is 8.06. The molecule has 0 aliphatic carbocycles. The number of carboxylic acids is 1. The van der Waals surface area contributed by atoms with Crippen LogP contribution in [0.4, 0.5) is 15.3 Å². The van der Waals surface area contributed by atoms with Crippen molar-refractivity contribution in [2.45, 2.75) is 19.3 Å². The number of benzene rings is 2. The topological polar surface area (TPSA) is 113 Å². The predicted octanol–water partition coefficient (Wildman–Crippen LogP) is 4.99. The Labute approximate surface area is 239 Å². The number of carbonyl (C=O) groups is 3. The third-order valence-corrected chi connectivity index (χ3v) is 7.90. The summed E-state index contributed by atoms with van der Waals surface area (Å²) < 4.78 is 18.1. The standard InChI is InChI=1S/C30H27FN4O5S/c1-34-26(36)12-19-11-21(15-32-28(19)34)23-9-8-22(40-17-31)14-24(23)25-16-41-30(33-25)35(2)29(39)20(13-27(37)38)10-18-6-4-3-5-7-18/h3-9,11,14-16,20H,10,12-13,17H2,1-2H3,(H,37,38). The van der Waals surface area contributed by atoms with Crippen LogP contribution in [0.5, 0.6) is 5.75 Å². The van der Waals surface area contributed by atoms with Gasteiger partial charge >= 0.3 is 5.97 Å². The number of carbonyl (C=O) groups excluding carboxylic acids is 2. The average molecular weight is 575 g/mol. The van der Waals surface area contributed by atoms with Gasteiger partial charge in [0, 0.05) is 42.4 Å². The van der Waals surface area contributed by atoms with Crippen LogP contribution in [0, 0.1) is 5.92 Å². The number of ether oxygens (including phenoxy) is 1. The lowest BCUT2D eigenvalue weighted by Crippen LogP contribution is -2.35. The number of hydrogen-bond donors (Lipinski definition) is 1. The van der Waals surface area contributed by atoms with Gasteiger partial charge in [-0.05, 0) is 41.8 Å². The van der Waals surface area contributed by atoms with Gasteiger partial charge in [-0.1, -0.05) is 30.3 Å². The van der Waals surface area contributed by atoms with Crippen molar-refractivity contribution in [3.05, 3.63) is 77.3 Å². The van der Waals surface area contributed by atoms with Crippen LogP contribution in [0.2, 0.25) is 0 Å². The van der Waals surface area contributed by atoms with Crippen LogP contribution in [0.15, 0.2) is 66.2 Å². The molecule has 4 aromatic rings. The van der Waals surface area contributed by atoms with Crippen LogP contribution in [0.25, 0.3) is 22.4 Å². The van der Waals surface area contributed by atoms with Crippen LogP contribution in [-0.2, 0) is 27.2 Å². The van der Waals surface area contributed by atoms with Gasteiger partial charge in [0.05, 0.1) is 24.5 Å². The zero-order valence-electron chi connectivity index (χ0n) is 22.4.